The molecule has 1 aromatic heterocycles. The molecule has 0 aliphatic carbocycles. The summed E-state index contributed by atoms with van der Waals surface area (Å²) >= 11 is 1.10. The third kappa shape index (κ3) is 4.69. The molecule has 166 valence electrons. The van der Waals surface area contributed by atoms with Crippen molar-refractivity contribution in [2.75, 3.05) is 18.4 Å². The van der Waals surface area contributed by atoms with E-state index in [1.807, 2.05) is 0 Å². The lowest BCUT2D eigenvalue weighted by Crippen LogP contribution is -2.62. The van der Waals surface area contributed by atoms with Gasteiger partial charge in [-0.25, -0.2) is 0 Å². The van der Waals surface area contributed by atoms with Crippen molar-refractivity contribution in [2.45, 2.75) is 38.0 Å². The number of alkyl halides is 3. The second-order valence-electron chi connectivity index (χ2n) is 7.78. The molecule has 3 aliphatic heterocycles. The average molecular weight is 453 g/mol. The predicted molar refractivity (Wildman–Crippen MR) is 111 cm³/mol. The van der Waals surface area contributed by atoms with Gasteiger partial charge in [-0.2, -0.15) is 13.2 Å². The van der Waals surface area contributed by atoms with Crippen LogP contribution in [0.15, 0.2) is 36.4 Å². The lowest BCUT2D eigenvalue weighted by molar-refractivity contribution is -0.167. The van der Waals surface area contributed by atoms with E-state index in [1.165, 1.54) is 18.2 Å². The molecule has 3 fully saturated rings. The van der Waals surface area contributed by atoms with Crippen LogP contribution in [-0.2, 0) is 4.79 Å². The maximum Gasteiger partial charge on any atom is 0.471 e. The molecule has 10 heteroatoms. The summed E-state index contributed by atoms with van der Waals surface area (Å²) in [6.45, 7) is 4.27. The Kier molecular flexibility index (Phi) is 5.94. The maximum absolute atomic E-state index is 12.8. The highest BCUT2D eigenvalue weighted by Gasteiger charge is 2.41. The van der Waals surface area contributed by atoms with Crippen LogP contribution in [-0.4, -0.2) is 48.1 Å². The molecule has 2 aromatic rings. The minimum absolute atomic E-state index is 0.0555. The van der Waals surface area contributed by atoms with Crippen LogP contribution in [0, 0.1) is 5.92 Å². The van der Waals surface area contributed by atoms with Crippen molar-refractivity contribution in [3.05, 3.63) is 41.3 Å². The number of benzene rings is 1. The summed E-state index contributed by atoms with van der Waals surface area (Å²) in [5, 5.41) is 5.28. The van der Waals surface area contributed by atoms with Crippen LogP contribution >= 0.6 is 11.3 Å². The summed E-state index contributed by atoms with van der Waals surface area (Å²) in [7, 11) is 0. The van der Waals surface area contributed by atoms with Crippen molar-refractivity contribution in [3.63, 3.8) is 0 Å². The zero-order chi connectivity index (χ0) is 22.2. The van der Waals surface area contributed by atoms with Gasteiger partial charge in [0.1, 0.15) is 0 Å². The highest BCUT2D eigenvalue weighted by molar-refractivity contribution is 7.15. The fourth-order valence-corrected chi connectivity index (χ4v) is 5.00. The molecule has 3 aliphatic rings. The van der Waals surface area contributed by atoms with E-state index in [9.17, 15) is 22.8 Å². The molecule has 5 rings (SSSR count). The Bertz CT molecular complexity index is 968. The monoisotopic (exact) mass is 453 g/mol. The molecule has 2 amide bonds. The SMILES string of the molecule is CC1C(NC(=O)c2ccc(Oc3ccccc3NC(=O)C(F)(F)F)s2)C2CCN1CC2. The first-order valence-corrected chi connectivity index (χ1v) is 10.8. The van der Waals surface area contributed by atoms with Crippen molar-refractivity contribution in [1.29, 1.82) is 0 Å². The molecule has 2 atom stereocenters. The Morgan fingerprint density at radius 1 is 1.13 bits per heavy atom. The minimum atomic E-state index is -5.01. The van der Waals surface area contributed by atoms with E-state index in [0.29, 0.717) is 15.9 Å². The molecule has 0 spiro atoms. The number of ether oxygens (including phenoxy) is 1. The van der Waals surface area contributed by atoms with Crippen molar-refractivity contribution in [3.8, 4) is 10.8 Å². The van der Waals surface area contributed by atoms with Gasteiger partial charge in [-0.3, -0.25) is 14.5 Å². The topological polar surface area (TPSA) is 70.7 Å². The van der Waals surface area contributed by atoms with Gasteiger partial charge < -0.3 is 15.4 Å². The van der Waals surface area contributed by atoms with Crippen LogP contribution in [0.2, 0.25) is 0 Å². The summed E-state index contributed by atoms with van der Waals surface area (Å²) in [6.07, 6.45) is -2.85. The maximum atomic E-state index is 12.8. The lowest BCUT2D eigenvalue weighted by atomic mass is 9.79. The van der Waals surface area contributed by atoms with Gasteiger partial charge in [-0.15, -0.1) is 0 Å². The minimum Gasteiger partial charge on any atom is -0.444 e. The predicted octanol–water partition coefficient (Wildman–Crippen LogP) is 4.25. The standard InChI is InChI=1S/C21H22F3N3O3S/c1-12-18(13-8-10-27(12)11-9-13)26-19(28)16-6-7-17(31-16)30-15-5-3-2-4-14(15)25-20(29)21(22,23)24/h2-7,12-13,18H,8-11H2,1H3,(H,25,29)(H,26,28). The molecule has 3 saturated heterocycles. The first-order chi connectivity index (χ1) is 14.7. The van der Waals surface area contributed by atoms with Gasteiger partial charge in [0.2, 0.25) is 0 Å². The summed E-state index contributed by atoms with van der Waals surface area (Å²) in [6, 6.07) is 9.42. The van der Waals surface area contributed by atoms with Crippen molar-refractivity contribution in [1.82, 2.24) is 10.2 Å². The second-order valence-corrected chi connectivity index (χ2v) is 8.83. The molecule has 2 unspecified atom stereocenters. The van der Waals surface area contributed by atoms with E-state index >= 15 is 0 Å². The molecular weight excluding hydrogens is 431 g/mol. The molecule has 31 heavy (non-hydrogen) atoms. The highest BCUT2D eigenvalue weighted by atomic mass is 32.1. The number of fused-ring (bicyclic) bond motifs is 3. The van der Waals surface area contributed by atoms with E-state index in [4.69, 9.17) is 4.74 Å². The average Bonchev–Trinajstić information content (AvgIpc) is 3.20. The van der Waals surface area contributed by atoms with Crippen LogP contribution in [0.25, 0.3) is 0 Å². The number of hydrogen-bond acceptors (Lipinski definition) is 5. The van der Waals surface area contributed by atoms with Crippen LogP contribution in [0.4, 0.5) is 18.9 Å². The van der Waals surface area contributed by atoms with Crippen LogP contribution in [0.3, 0.4) is 0 Å². The Labute approximate surface area is 181 Å². The third-order valence-electron chi connectivity index (χ3n) is 5.88. The van der Waals surface area contributed by atoms with E-state index in [0.717, 1.165) is 37.3 Å². The zero-order valence-corrected chi connectivity index (χ0v) is 17.6. The number of nitrogens with one attached hydrogen (secondary N) is 2. The van der Waals surface area contributed by atoms with Crippen molar-refractivity contribution in [2.24, 2.45) is 5.92 Å². The number of carbonyl (C=O) groups is 2. The number of amides is 2. The Balaban J connectivity index is 1.43. The van der Waals surface area contributed by atoms with Crippen LogP contribution in [0.5, 0.6) is 10.8 Å². The summed E-state index contributed by atoms with van der Waals surface area (Å²) < 4.78 is 43.4. The second kappa shape index (κ2) is 8.51. The number of para-hydroxylation sites is 2. The van der Waals surface area contributed by atoms with Crippen LogP contribution in [0.1, 0.15) is 29.4 Å². The van der Waals surface area contributed by atoms with Gasteiger partial charge in [-0.1, -0.05) is 23.5 Å². The molecular formula is C21H22F3N3O3S. The molecule has 2 N–H and O–H groups in total. The fourth-order valence-electron chi connectivity index (χ4n) is 4.23. The largest absolute Gasteiger partial charge is 0.471 e. The summed E-state index contributed by atoms with van der Waals surface area (Å²) in [5.41, 5.74) is -0.106. The van der Waals surface area contributed by atoms with Gasteiger partial charge in [-0.05, 0) is 63.0 Å². The molecule has 0 radical (unpaired) electrons. The molecule has 0 saturated carbocycles. The summed E-state index contributed by atoms with van der Waals surface area (Å²) in [5.74, 6) is -1.74. The normalized spacial score (nSPS) is 25.2. The quantitative estimate of drug-likeness (QED) is 0.710. The smallest absolute Gasteiger partial charge is 0.444 e. The van der Waals surface area contributed by atoms with Gasteiger partial charge in [0.25, 0.3) is 5.91 Å². The molecule has 4 heterocycles. The van der Waals surface area contributed by atoms with E-state index in [-0.39, 0.29) is 29.4 Å². The zero-order valence-electron chi connectivity index (χ0n) is 16.7. The van der Waals surface area contributed by atoms with Gasteiger partial charge in [0.05, 0.1) is 10.6 Å². The first kappa shape index (κ1) is 21.6. The number of halogens is 3. The molecule has 2 bridgehead atoms. The Morgan fingerprint density at radius 3 is 2.52 bits per heavy atom. The van der Waals surface area contributed by atoms with E-state index in [1.54, 1.807) is 23.5 Å². The number of carbonyl (C=O) groups excluding carboxylic acids is 2. The van der Waals surface area contributed by atoms with Gasteiger partial charge in [0, 0.05) is 12.1 Å². The molecule has 1 aromatic carbocycles. The van der Waals surface area contributed by atoms with Crippen molar-refractivity contribution < 1.29 is 27.5 Å². The Morgan fingerprint density at radius 2 is 1.84 bits per heavy atom. The third-order valence-corrected chi connectivity index (χ3v) is 6.85. The van der Waals surface area contributed by atoms with E-state index in [2.05, 4.69) is 17.1 Å². The number of nitrogens with zero attached hydrogens (tertiary/aromatic N) is 1. The number of hydrogen-bond donors (Lipinski definition) is 2. The van der Waals surface area contributed by atoms with Crippen LogP contribution < -0.4 is 15.4 Å². The highest BCUT2D eigenvalue weighted by Crippen LogP contribution is 2.36. The molecule has 6 nitrogen and oxygen atoms in total. The van der Waals surface area contributed by atoms with Gasteiger partial charge in [0.15, 0.2) is 10.8 Å². The van der Waals surface area contributed by atoms with E-state index < -0.39 is 12.1 Å². The van der Waals surface area contributed by atoms with Gasteiger partial charge >= 0.3 is 12.1 Å². The number of anilines is 1. The first-order valence-electron chi connectivity index (χ1n) is 10.0. The Hall–Kier alpha value is -2.59. The number of thiophene rings is 1. The lowest BCUT2D eigenvalue weighted by Gasteiger charge is -2.49. The number of rotatable bonds is 5. The number of piperidine rings is 3. The van der Waals surface area contributed by atoms with Crippen molar-refractivity contribution >= 4 is 28.8 Å². The fraction of sp³-hybridized carbons (Fsp3) is 0.429. The summed E-state index contributed by atoms with van der Waals surface area (Å²) in [4.78, 5) is 26.9.